The van der Waals surface area contributed by atoms with Crippen molar-refractivity contribution in [3.05, 3.63) is 29.8 Å². The van der Waals surface area contributed by atoms with Crippen LogP contribution in [0.5, 0.6) is 0 Å². The van der Waals surface area contributed by atoms with Gasteiger partial charge in [0.2, 0.25) is 0 Å². The summed E-state index contributed by atoms with van der Waals surface area (Å²) >= 11 is 1.95. The minimum absolute atomic E-state index is 0.0453. The van der Waals surface area contributed by atoms with Crippen molar-refractivity contribution in [3.8, 4) is 6.07 Å². The summed E-state index contributed by atoms with van der Waals surface area (Å²) < 4.78 is 0. The fraction of sp³-hybridized carbons (Fsp3) is 0.462. The fourth-order valence-corrected chi connectivity index (χ4v) is 3.27. The molecule has 0 saturated carbocycles. The molecule has 1 aliphatic heterocycles. The molecule has 1 aliphatic rings. The molecule has 0 radical (unpaired) electrons. The van der Waals surface area contributed by atoms with Crippen LogP contribution in [0.2, 0.25) is 0 Å². The van der Waals surface area contributed by atoms with Gasteiger partial charge in [-0.2, -0.15) is 17.0 Å². The number of nitrogens with one attached hydrogen (secondary N) is 1. The minimum Gasteiger partial charge on any atom is -0.369 e. The molecule has 2 rings (SSSR count). The average molecular weight is 232 g/mol. The zero-order chi connectivity index (χ0) is 11.4. The van der Waals surface area contributed by atoms with Crippen molar-refractivity contribution in [2.75, 3.05) is 16.8 Å². The maximum absolute atomic E-state index is 9.22. The van der Waals surface area contributed by atoms with Crippen molar-refractivity contribution < 1.29 is 0 Å². The Morgan fingerprint density at radius 3 is 2.94 bits per heavy atom. The van der Waals surface area contributed by atoms with Gasteiger partial charge in [0.05, 0.1) is 6.07 Å². The van der Waals surface area contributed by atoms with E-state index in [9.17, 15) is 5.26 Å². The standard InChI is InChI=1S/C13H16N2S/c1-10-4-2-3-5-12(10)15-13(8-14)11-6-7-16-9-11/h2-5,11,13,15H,6-7,9H2,1H3. The van der Waals surface area contributed by atoms with Crippen molar-refractivity contribution in [1.82, 2.24) is 0 Å². The number of benzene rings is 1. The molecule has 1 aromatic carbocycles. The SMILES string of the molecule is Cc1ccccc1NC(C#N)C1CCSC1. The molecule has 1 heterocycles. The Hall–Kier alpha value is -1.14. The van der Waals surface area contributed by atoms with Crippen LogP contribution in [0.15, 0.2) is 24.3 Å². The van der Waals surface area contributed by atoms with E-state index in [1.165, 1.54) is 11.3 Å². The van der Waals surface area contributed by atoms with Gasteiger partial charge < -0.3 is 5.32 Å². The Morgan fingerprint density at radius 1 is 1.50 bits per heavy atom. The van der Waals surface area contributed by atoms with E-state index in [1.54, 1.807) is 0 Å². The molecule has 0 amide bonds. The lowest BCUT2D eigenvalue weighted by molar-refractivity contribution is 0.565. The highest BCUT2D eigenvalue weighted by Crippen LogP contribution is 2.28. The lowest BCUT2D eigenvalue weighted by atomic mass is 10.00. The number of nitriles is 1. The second-order valence-electron chi connectivity index (χ2n) is 4.19. The Balaban J connectivity index is 2.07. The topological polar surface area (TPSA) is 35.8 Å². The van der Waals surface area contributed by atoms with Gasteiger partial charge in [0.25, 0.3) is 0 Å². The molecule has 0 bridgehead atoms. The van der Waals surface area contributed by atoms with Crippen LogP contribution in [-0.4, -0.2) is 17.5 Å². The summed E-state index contributed by atoms with van der Waals surface area (Å²) in [5.41, 5.74) is 2.29. The Kier molecular flexibility index (Phi) is 3.74. The Bertz CT molecular complexity index is 391. The van der Waals surface area contributed by atoms with Crippen LogP contribution in [0, 0.1) is 24.2 Å². The van der Waals surface area contributed by atoms with Crippen molar-refractivity contribution in [2.45, 2.75) is 19.4 Å². The highest BCUT2D eigenvalue weighted by Gasteiger charge is 2.25. The molecule has 1 aromatic rings. The third kappa shape index (κ3) is 2.51. The number of rotatable bonds is 3. The molecule has 0 aromatic heterocycles. The summed E-state index contributed by atoms with van der Waals surface area (Å²) in [5.74, 6) is 2.80. The number of thioether (sulfide) groups is 1. The first-order valence-electron chi connectivity index (χ1n) is 5.61. The number of hydrogen-bond acceptors (Lipinski definition) is 3. The van der Waals surface area contributed by atoms with Crippen LogP contribution < -0.4 is 5.32 Å². The molecule has 84 valence electrons. The van der Waals surface area contributed by atoms with Gasteiger partial charge in [-0.05, 0) is 36.5 Å². The number of hydrogen-bond donors (Lipinski definition) is 1. The second kappa shape index (κ2) is 5.27. The summed E-state index contributed by atoms with van der Waals surface area (Å²) in [5, 5.41) is 12.6. The van der Waals surface area contributed by atoms with E-state index >= 15 is 0 Å². The summed E-state index contributed by atoms with van der Waals surface area (Å²) in [6.45, 7) is 2.07. The van der Waals surface area contributed by atoms with Gasteiger partial charge in [-0.25, -0.2) is 0 Å². The Morgan fingerprint density at radius 2 is 2.31 bits per heavy atom. The quantitative estimate of drug-likeness (QED) is 0.870. The van der Waals surface area contributed by atoms with Gasteiger partial charge in [-0.1, -0.05) is 18.2 Å². The van der Waals surface area contributed by atoms with Crippen LogP contribution in [0.3, 0.4) is 0 Å². The molecule has 1 fully saturated rings. The fourth-order valence-electron chi connectivity index (χ4n) is 1.97. The summed E-state index contributed by atoms with van der Waals surface area (Å²) in [6, 6.07) is 10.5. The first kappa shape index (κ1) is 11.3. The molecule has 2 nitrogen and oxygen atoms in total. The van der Waals surface area contributed by atoms with E-state index in [4.69, 9.17) is 0 Å². The monoisotopic (exact) mass is 232 g/mol. The molecule has 2 unspecified atom stereocenters. The highest BCUT2D eigenvalue weighted by molar-refractivity contribution is 7.99. The molecular weight excluding hydrogens is 216 g/mol. The van der Waals surface area contributed by atoms with E-state index in [2.05, 4.69) is 24.4 Å². The maximum atomic E-state index is 9.22. The van der Waals surface area contributed by atoms with Crippen molar-refractivity contribution in [2.24, 2.45) is 5.92 Å². The smallest absolute Gasteiger partial charge is 0.118 e. The predicted molar refractivity (Wildman–Crippen MR) is 69.6 cm³/mol. The normalized spacial score (nSPS) is 21.4. The summed E-state index contributed by atoms with van der Waals surface area (Å²) in [7, 11) is 0. The molecule has 1 N–H and O–H groups in total. The van der Waals surface area contributed by atoms with Gasteiger partial charge in [-0.3, -0.25) is 0 Å². The molecule has 16 heavy (non-hydrogen) atoms. The van der Waals surface area contributed by atoms with E-state index in [0.29, 0.717) is 5.92 Å². The van der Waals surface area contributed by atoms with E-state index in [0.717, 1.165) is 17.9 Å². The molecule has 2 atom stereocenters. The highest BCUT2D eigenvalue weighted by atomic mass is 32.2. The number of nitrogens with zero attached hydrogens (tertiary/aromatic N) is 1. The van der Waals surface area contributed by atoms with E-state index in [-0.39, 0.29) is 6.04 Å². The van der Waals surface area contributed by atoms with Gasteiger partial charge in [0.15, 0.2) is 0 Å². The van der Waals surface area contributed by atoms with Crippen LogP contribution >= 0.6 is 11.8 Å². The lowest BCUT2D eigenvalue weighted by Crippen LogP contribution is -2.27. The van der Waals surface area contributed by atoms with Crippen LogP contribution in [0.25, 0.3) is 0 Å². The van der Waals surface area contributed by atoms with Crippen LogP contribution in [0.4, 0.5) is 5.69 Å². The molecular formula is C13H16N2S. The van der Waals surface area contributed by atoms with Crippen molar-refractivity contribution >= 4 is 17.4 Å². The summed E-state index contributed by atoms with van der Waals surface area (Å²) in [4.78, 5) is 0. The van der Waals surface area contributed by atoms with Crippen LogP contribution in [0.1, 0.15) is 12.0 Å². The van der Waals surface area contributed by atoms with Gasteiger partial charge in [0.1, 0.15) is 6.04 Å². The first-order valence-corrected chi connectivity index (χ1v) is 6.76. The maximum Gasteiger partial charge on any atom is 0.118 e. The zero-order valence-electron chi connectivity index (χ0n) is 9.44. The first-order chi connectivity index (χ1) is 7.81. The number of anilines is 1. The zero-order valence-corrected chi connectivity index (χ0v) is 10.3. The van der Waals surface area contributed by atoms with Crippen LogP contribution in [-0.2, 0) is 0 Å². The molecule has 1 saturated heterocycles. The van der Waals surface area contributed by atoms with E-state index in [1.807, 2.05) is 30.0 Å². The van der Waals surface area contributed by atoms with Gasteiger partial charge >= 0.3 is 0 Å². The van der Waals surface area contributed by atoms with Gasteiger partial charge in [-0.15, -0.1) is 0 Å². The van der Waals surface area contributed by atoms with Crippen molar-refractivity contribution in [3.63, 3.8) is 0 Å². The third-order valence-electron chi connectivity index (χ3n) is 3.03. The second-order valence-corrected chi connectivity index (χ2v) is 5.34. The average Bonchev–Trinajstić information content (AvgIpc) is 2.81. The van der Waals surface area contributed by atoms with Crippen molar-refractivity contribution in [1.29, 1.82) is 5.26 Å². The molecule has 3 heteroatoms. The predicted octanol–water partition coefficient (Wildman–Crippen LogP) is 3.05. The van der Waals surface area contributed by atoms with E-state index < -0.39 is 0 Å². The number of aryl methyl sites for hydroxylation is 1. The molecule has 0 spiro atoms. The number of para-hydroxylation sites is 1. The van der Waals surface area contributed by atoms with Gasteiger partial charge in [0, 0.05) is 11.6 Å². The Labute approximate surface area is 101 Å². The molecule has 0 aliphatic carbocycles. The summed E-state index contributed by atoms with van der Waals surface area (Å²) in [6.07, 6.45) is 1.15. The minimum atomic E-state index is -0.0453. The lowest BCUT2D eigenvalue weighted by Gasteiger charge is -2.19. The largest absolute Gasteiger partial charge is 0.369 e. The third-order valence-corrected chi connectivity index (χ3v) is 4.22.